The van der Waals surface area contributed by atoms with Gasteiger partial charge in [-0.15, -0.1) is 0 Å². The Labute approximate surface area is 57.2 Å². The smallest absolute Gasteiger partial charge is 0.0481 e. The Balaban J connectivity index is 2.11. The molecule has 0 aromatic carbocycles. The molecule has 1 fully saturated rings. The molecule has 0 saturated carbocycles. The van der Waals surface area contributed by atoms with Crippen molar-refractivity contribution in [2.45, 2.75) is 13.8 Å². The lowest BCUT2D eigenvalue weighted by Crippen LogP contribution is -2.26. The monoisotopic (exact) mass is 128 g/mol. The fourth-order valence-electron chi connectivity index (χ4n) is 1.23. The molecular weight excluding hydrogens is 112 g/mol. The lowest BCUT2D eigenvalue weighted by molar-refractivity contribution is 0.295. The van der Waals surface area contributed by atoms with Gasteiger partial charge in [0, 0.05) is 26.3 Å². The maximum atomic E-state index is 3.30. The van der Waals surface area contributed by atoms with Crippen molar-refractivity contribution in [3.8, 4) is 0 Å². The quantitative estimate of drug-likeness (QED) is 0.582. The molecule has 0 spiro atoms. The van der Waals surface area contributed by atoms with Crippen LogP contribution in [0.25, 0.3) is 0 Å². The first-order chi connectivity index (χ1) is 4.29. The third-order valence-corrected chi connectivity index (χ3v) is 1.56. The first-order valence-corrected chi connectivity index (χ1v) is 3.72. The molecule has 0 atom stereocenters. The van der Waals surface area contributed by atoms with E-state index >= 15 is 0 Å². The minimum atomic E-state index is 0.810. The molecule has 0 aliphatic carbocycles. The minimum absolute atomic E-state index is 0.810. The lowest BCUT2D eigenvalue weighted by atomic mass is 10.2. The number of nitrogens with zero attached hydrogens (tertiary/aromatic N) is 1. The van der Waals surface area contributed by atoms with E-state index in [1.807, 2.05) is 0 Å². The van der Waals surface area contributed by atoms with Crippen molar-refractivity contribution in [1.82, 2.24) is 10.2 Å². The van der Waals surface area contributed by atoms with Crippen molar-refractivity contribution in [2.75, 3.05) is 26.3 Å². The van der Waals surface area contributed by atoms with Crippen LogP contribution in [0.5, 0.6) is 0 Å². The predicted octanol–water partition coefficient (Wildman–Crippen LogP) is 0.505. The van der Waals surface area contributed by atoms with Crippen LogP contribution in [-0.4, -0.2) is 31.2 Å². The number of rotatable bonds is 2. The topological polar surface area (TPSA) is 15.3 Å². The highest BCUT2D eigenvalue weighted by Gasteiger charge is 2.10. The van der Waals surface area contributed by atoms with Gasteiger partial charge in [0.05, 0.1) is 0 Å². The fraction of sp³-hybridized carbons (Fsp3) is 1.00. The molecule has 2 heteroatoms. The van der Waals surface area contributed by atoms with Gasteiger partial charge < -0.3 is 5.32 Å². The van der Waals surface area contributed by atoms with Crippen molar-refractivity contribution < 1.29 is 0 Å². The van der Waals surface area contributed by atoms with Gasteiger partial charge in [0.1, 0.15) is 0 Å². The van der Waals surface area contributed by atoms with E-state index in [0.29, 0.717) is 0 Å². The van der Waals surface area contributed by atoms with Crippen LogP contribution in [0.15, 0.2) is 0 Å². The Kier molecular flexibility index (Phi) is 2.49. The molecule has 9 heavy (non-hydrogen) atoms. The molecule has 0 unspecified atom stereocenters. The summed E-state index contributed by atoms with van der Waals surface area (Å²) in [7, 11) is 0. The van der Waals surface area contributed by atoms with Gasteiger partial charge in [0.25, 0.3) is 0 Å². The highest BCUT2D eigenvalue weighted by Crippen LogP contribution is 1.98. The molecule has 1 N–H and O–H groups in total. The van der Waals surface area contributed by atoms with Gasteiger partial charge in [-0.1, -0.05) is 13.8 Å². The highest BCUT2D eigenvalue weighted by molar-refractivity contribution is 4.66. The summed E-state index contributed by atoms with van der Waals surface area (Å²) in [6.07, 6.45) is 0. The van der Waals surface area contributed by atoms with Gasteiger partial charge >= 0.3 is 0 Å². The van der Waals surface area contributed by atoms with E-state index in [1.165, 1.54) is 19.6 Å². The van der Waals surface area contributed by atoms with Crippen LogP contribution in [0.3, 0.4) is 0 Å². The third kappa shape index (κ3) is 2.33. The largest absolute Gasteiger partial charge is 0.303 e. The van der Waals surface area contributed by atoms with Gasteiger partial charge in [0.15, 0.2) is 0 Å². The Morgan fingerprint density at radius 1 is 1.56 bits per heavy atom. The molecular formula is C7H16N2. The van der Waals surface area contributed by atoms with Gasteiger partial charge in [-0.3, -0.25) is 4.90 Å². The molecule has 1 saturated heterocycles. The van der Waals surface area contributed by atoms with Gasteiger partial charge in [-0.25, -0.2) is 0 Å². The van der Waals surface area contributed by atoms with Crippen molar-refractivity contribution in [3.63, 3.8) is 0 Å². The zero-order valence-corrected chi connectivity index (χ0v) is 6.35. The maximum Gasteiger partial charge on any atom is 0.0481 e. The molecule has 0 aromatic rings. The van der Waals surface area contributed by atoms with Gasteiger partial charge in [-0.2, -0.15) is 0 Å². The van der Waals surface area contributed by atoms with Crippen LogP contribution in [-0.2, 0) is 0 Å². The van der Waals surface area contributed by atoms with E-state index in [2.05, 4.69) is 24.1 Å². The normalized spacial score (nSPS) is 21.7. The highest BCUT2D eigenvalue weighted by atomic mass is 15.3. The van der Waals surface area contributed by atoms with Crippen molar-refractivity contribution in [1.29, 1.82) is 0 Å². The molecule has 0 bridgehead atoms. The van der Waals surface area contributed by atoms with Crippen molar-refractivity contribution in [3.05, 3.63) is 0 Å². The van der Waals surface area contributed by atoms with E-state index in [-0.39, 0.29) is 0 Å². The Morgan fingerprint density at radius 3 is 2.78 bits per heavy atom. The molecule has 54 valence electrons. The van der Waals surface area contributed by atoms with Crippen LogP contribution in [0.2, 0.25) is 0 Å². The van der Waals surface area contributed by atoms with Gasteiger partial charge in [0.2, 0.25) is 0 Å². The van der Waals surface area contributed by atoms with Crippen molar-refractivity contribution in [2.24, 2.45) is 5.92 Å². The van der Waals surface area contributed by atoms with Gasteiger partial charge in [-0.05, 0) is 5.92 Å². The van der Waals surface area contributed by atoms with Crippen molar-refractivity contribution >= 4 is 0 Å². The zero-order chi connectivity index (χ0) is 6.69. The minimum Gasteiger partial charge on any atom is -0.303 e. The standard InChI is InChI=1S/C7H16N2/c1-7(2)5-9-4-3-8-6-9/h7-8H,3-6H2,1-2H3. The second-order valence-electron chi connectivity index (χ2n) is 3.13. The van der Waals surface area contributed by atoms with Crippen LogP contribution in [0.4, 0.5) is 0 Å². The summed E-state index contributed by atoms with van der Waals surface area (Å²) in [6.45, 7) is 9.27. The molecule has 1 rings (SSSR count). The Bertz CT molecular complexity index is 75.0. The van der Waals surface area contributed by atoms with E-state index in [9.17, 15) is 0 Å². The van der Waals surface area contributed by atoms with Crippen LogP contribution in [0, 0.1) is 5.92 Å². The van der Waals surface area contributed by atoms with Crippen LogP contribution >= 0.6 is 0 Å². The predicted molar refractivity (Wildman–Crippen MR) is 39.3 cm³/mol. The van der Waals surface area contributed by atoms with Crippen LogP contribution < -0.4 is 5.32 Å². The summed E-state index contributed by atoms with van der Waals surface area (Å²) in [4.78, 5) is 2.45. The molecule has 0 amide bonds. The second kappa shape index (κ2) is 3.18. The van der Waals surface area contributed by atoms with E-state index in [4.69, 9.17) is 0 Å². The molecule has 0 aromatic heterocycles. The number of hydrogen-bond donors (Lipinski definition) is 1. The Morgan fingerprint density at radius 2 is 2.33 bits per heavy atom. The second-order valence-corrected chi connectivity index (χ2v) is 3.13. The fourth-order valence-corrected chi connectivity index (χ4v) is 1.23. The van der Waals surface area contributed by atoms with E-state index in [0.717, 1.165) is 12.6 Å². The average molecular weight is 128 g/mol. The summed E-state index contributed by atoms with van der Waals surface area (Å²) in [5.74, 6) is 0.810. The van der Waals surface area contributed by atoms with Crippen LogP contribution in [0.1, 0.15) is 13.8 Å². The number of hydrogen-bond acceptors (Lipinski definition) is 2. The molecule has 0 radical (unpaired) electrons. The van der Waals surface area contributed by atoms with E-state index < -0.39 is 0 Å². The first kappa shape index (κ1) is 7.03. The summed E-state index contributed by atoms with van der Waals surface area (Å²) < 4.78 is 0. The molecule has 1 aliphatic heterocycles. The Hall–Kier alpha value is -0.0800. The summed E-state index contributed by atoms with van der Waals surface area (Å²) in [5.41, 5.74) is 0. The molecule has 2 nitrogen and oxygen atoms in total. The average Bonchev–Trinajstić information content (AvgIpc) is 2.15. The zero-order valence-electron chi connectivity index (χ0n) is 6.35. The SMILES string of the molecule is CC(C)CN1CCNC1. The molecule has 1 heterocycles. The summed E-state index contributed by atoms with van der Waals surface area (Å²) >= 11 is 0. The summed E-state index contributed by atoms with van der Waals surface area (Å²) in [5, 5.41) is 3.30. The van der Waals surface area contributed by atoms with E-state index in [1.54, 1.807) is 0 Å². The number of nitrogens with one attached hydrogen (secondary N) is 1. The maximum absolute atomic E-state index is 3.30. The summed E-state index contributed by atoms with van der Waals surface area (Å²) in [6, 6.07) is 0. The molecule has 1 aliphatic rings. The third-order valence-electron chi connectivity index (χ3n) is 1.56. The first-order valence-electron chi connectivity index (χ1n) is 3.72. The lowest BCUT2D eigenvalue weighted by Gasteiger charge is -2.15.